The zero-order chi connectivity index (χ0) is 16.7. The van der Waals surface area contributed by atoms with Gasteiger partial charge in [0.15, 0.2) is 5.96 Å². The first-order valence-electron chi connectivity index (χ1n) is 9.59. The van der Waals surface area contributed by atoms with Crippen molar-refractivity contribution in [1.29, 1.82) is 0 Å². The van der Waals surface area contributed by atoms with Crippen LogP contribution in [0.5, 0.6) is 0 Å². The summed E-state index contributed by atoms with van der Waals surface area (Å²) in [6, 6.07) is 1.35. The quantitative estimate of drug-likeness (QED) is 0.597. The van der Waals surface area contributed by atoms with Gasteiger partial charge in [-0.25, -0.2) is 0 Å². The van der Waals surface area contributed by atoms with Gasteiger partial charge in [-0.3, -0.25) is 14.8 Å². The molecule has 0 saturated carbocycles. The van der Waals surface area contributed by atoms with Crippen LogP contribution in [-0.2, 0) is 0 Å². The van der Waals surface area contributed by atoms with E-state index in [1.165, 1.54) is 45.2 Å². The molecule has 134 valence electrons. The van der Waals surface area contributed by atoms with Crippen molar-refractivity contribution in [3.63, 3.8) is 0 Å². The molecule has 0 aliphatic carbocycles. The highest BCUT2D eigenvalue weighted by atomic mass is 15.3. The minimum atomic E-state index is 0.664. The van der Waals surface area contributed by atoms with Crippen LogP contribution in [0.1, 0.15) is 46.0 Å². The van der Waals surface area contributed by atoms with Gasteiger partial charge in [0.25, 0.3) is 0 Å². The number of nitrogens with zero attached hydrogens (tertiary/aromatic N) is 4. The summed E-state index contributed by atoms with van der Waals surface area (Å²) >= 11 is 0. The summed E-state index contributed by atoms with van der Waals surface area (Å²) in [5.74, 6) is 1.05. The van der Waals surface area contributed by atoms with E-state index in [4.69, 9.17) is 0 Å². The number of likely N-dealkylation sites (tertiary alicyclic amines) is 2. The smallest absolute Gasteiger partial charge is 0.193 e. The predicted octanol–water partition coefficient (Wildman–Crippen LogP) is 1.85. The first-order valence-corrected chi connectivity index (χ1v) is 9.59. The molecule has 0 aromatic heterocycles. The second-order valence-electron chi connectivity index (χ2n) is 7.01. The summed E-state index contributed by atoms with van der Waals surface area (Å²) in [5.41, 5.74) is 0. The lowest BCUT2D eigenvalue weighted by Crippen LogP contribution is -2.51. The van der Waals surface area contributed by atoms with E-state index in [1.54, 1.807) is 0 Å². The molecule has 0 radical (unpaired) electrons. The van der Waals surface area contributed by atoms with Crippen molar-refractivity contribution in [2.24, 2.45) is 4.99 Å². The van der Waals surface area contributed by atoms with Crippen LogP contribution in [0.25, 0.3) is 0 Å². The van der Waals surface area contributed by atoms with E-state index in [2.05, 4.69) is 45.9 Å². The Morgan fingerprint density at radius 1 is 1.04 bits per heavy atom. The number of piperidine rings is 1. The van der Waals surface area contributed by atoms with Crippen LogP contribution in [0.2, 0.25) is 0 Å². The van der Waals surface area contributed by atoms with Crippen LogP contribution in [-0.4, -0.2) is 86.1 Å². The lowest BCUT2D eigenvalue weighted by molar-refractivity contribution is 0.156. The van der Waals surface area contributed by atoms with Gasteiger partial charge in [-0.1, -0.05) is 20.3 Å². The molecule has 0 amide bonds. The third-order valence-corrected chi connectivity index (χ3v) is 5.61. The molecule has 2 aliphatic heterocycles. The Balaban J connectivity index is 1.82. The first-order chi connectivity index (χ1) is 11.2. The number of hydrogen-bond acceptors (Lipinski definition) is 3. The number of hydrogen-bond donors (Lipinski definition) is 1. The van der Waals surface area contributed by atoms with Crippen molar-refractivity contribution in [3.05, 3.63) is 0 Å². The average molecular weight is 324 g/mol. The highest BCUT2D eigenvalue weighted by Crippen LogP contribution is 2.18. The van der Waals surface area contributed by atoms with E-state index in [1.807, 2.05) is 7.05 Å². The zero-order valence-corrected chi connectivity index (χ0v) is 15.7. The van der Waals surface area contributed by atoms with Crippen LogP contribution >= 0.6 is 0 Å². The molecule has 2 rings (SSSR count). The molecule has 0 spiro atoms. The maximum absolute atomic E-state index is 4.51. The van der Waals surface area contributed by atoms with Gasteiger partial charge in [0.1, 0.15) is 0 Å². The predicted molar refractivity (Wildman–Crippen MR) is 99.1 cm³/mol. The third-order valence-electron chi connectivity index (χ3n) is 5.61. The number of likely N-dealkylation sites (N-methyl/N-ethyl adjacent to an activating group) is 3. The molecule has 2 aliphatic rings. The van der Waals surface area contributed by atoms with E-state index >= 15 is 0 Å². The molecule has 2 unspecified atom stereocenters. The van der Waals surface area contributed by atoms with E-state index in [0.717, 1.165) is 32.1 Å². The van der Waals surface area contributed by atoms with Crippen molar-refractivity contribution in [2.45, 2.75) is 58.0 Å². The Kier molecular flexibility index (Phi) is 7.63. The number of rotatable bonds is 6. The zero-order valence-electron chi connectivity index (χ0n) is 15.7. The lowest BCUT2D eigenvalue weighted by atomic mass is 10.0. The molecule has 2 fully saturated rings. The molecule has 2 atom stereocenters. The number of aliphatic imine (C=N–C) groups is 1. The van der Waals surface area contributed by atoms with Gasteiger partial charge >= 0.3 is 0 Å². The molecule has 0 bridgehead atoms. The molecule has 5 nitrogen and oxygen atoms in total. The van der Waals surface area contributed by atoms with Gasteiger partial charge in [0.05, 0.1) is 0 Å². The van der Waals surface area contributed by atoms with Gasteiger partial charge in [-0.15, -0.1) is 0 Å². The summed E-state index contributed by atoms with van der Waals surface area (Å²) < 4.78 is 0. The molecule has 23 heavy (non-hydrogen) atoms. The topological polar surface area (TPSA) is 34.1 Å². The fraction of sp³-hybridized carbons (Fsp3) is 0.944. The summed E-state index contributed by atoms with van der Waals surface area (Å²) in [4.78, 5) is 12.0. The van der Waals surface area contributed by atoms with Crippen molar-refractivity contribution in [2.75, 3.05) is 53.4 Å². The summed E-state index contributed by atoms with van der Waals surface area (Å²) in [5, 5.41) is 3.63. The normalized spacial score (nSPS) is 27.4. The van der Waals surface area contributed by atoms with E-state index in [0.29, 0.717) is 12.1 Å². The largest absolute Gasteiger partial charge is 0.355 e. The van der Waals surface area contributed by atoms with E-state index < -0.39 is 0 Å². The highest BCUT2D eigenvalue weighted by Gasteiger charge is 2.26. The Morgan fingerprint density at radius 2 is 1.70 bits per heavy atom. The summed E-state index contributed by atoms with van der Waals surface area (Å²) in [6.07, 6.45) is 6.69. The Bertz CT molecular complexity index is 370. The molecule has 0 aromatic carbocycles. The standard InChI is InChI=1S/C18H37N5/c1-5-22-12-8-7-10-16(22)14-20-18(19-3)21(4)15-17-11-9-13-23(17)6-2/h16-17H,5-15H2,1-4H3,(H,19,20). The molecule has 1 N–H and O–H groups in total. The van der Waals surface area contributed by atoms with Crippen LogP contribution < -0.4 is 5.32 Å². The monoisotopic (exact) mass is 323 g/mol. The molecule has 0 aromatic rings. The van der Waals surface area contributed by atoms with E-state index in [-0.39, 0.29) is 0 Å². The second kappa shape index (κ2) is 9.48. The number of guanidine groups is 1. The SMILES string of the molecule is CCN1CCCCC1CNC(=NC)N(C)CC1CCCN1CC. The molecule has 5 heteroatoms. The Hall–Kier alpha value is -0.810. The molecular formula is C18H37N5. The van der Waals surface area contributed by atoms with Crippen LogP contribution in [0.3, 0.4) is 0 Å². The second-order valence-corrected chi connectivity index (χ2v) is 7.01. The van der Waals surface area contributed by atoms with Crippen LogP contribution in [0.15, 0.2) is 4.99 Å². The van der Waals surface area contributed by atoms with Gasteiger partial charge in [-0.2, -0.15) is 0 Å². The van der Waals surface area contributed by atoms with Gasteiger partial charge in [0, 0.05) is 39.3 Å². The molecule has 2 heterocycles. The first kappa shape index (κ1) is 18.5. The van der Waals surface area contributed by atoms with Gasteiger partial charge < -0.3 is 10.2 Å². The fourth-order valence-corrected chi connectivity index (χ4v) is 4.22. The van der Waals surface area contributed by atoms with Crippen molar-refractivity contribution >= 4 is 5.96 Å². The third kappa shape index (κ3) is 5.08. The van der Waals surface area contributed by atoms with E-state index in [9.17, 15) is 0 Å². The van der Waals surface area contributed by atoms with Gasteiger partial charge in [-0.05, 0) is 51.9 Å². The van der Waals surface area contributed by atoms with Crippen molar-refractivity contribution in [3.8, 4) is 0 Å². The maximum Gasteiger partial charge on any atom is 0.193 e. The summed E-state index contributed by atoms with van der Waals surface area (Å²) in [7, 11) is 4.09. The summed E-state index contributed by atoms with van der Waals surface area (Å²) in [6.45, 7) is 11.5. The minimum Gasteiger partial charge on any atom is -0.355 e. The van der Waals surface area contributed by atoms with Crippen LogP contribution in [0.4, 0.5) is 0 Å². The van der Waals surface area contributed by atoms with Crippen LogP contribution in [0, 0.1) is 0 Å². The van der Waals surface area contributed by atoms with Crippen molar-refractivity contribution < 1.29 is 0 Å². The average Bonchev–Trinajstić information content (AvgIpc) is 3.02. The fourth-order valence-electron chi connectivity index (χ4n) is 4.22. The molecular weight excluding hydrogens is 286 g/mol. The lowest BCUT2D eigenvalue weighted by Gasteiger charge is -2.36. The Morgan fingerprint density at radius 3 is 2.39 bits per heavy atom. The van der Waals surface area contributed by atoms with Gasteiger partial charge in [0.2, 0.25) is 0 Å². The molecule has 2 saturated heterocycles. The van der Waals surface area contributed by atoms with Crippen molar-refractivity contribution in [1.82, 2.24) is 20.0 Å². The Labute approximate surface area is 143 Å². The minimum absolute atomic E-state index is 0.664. The maximum atomic E-state index is 4.51. The highest BCUT2D eigenvalue weighted by molar-refractivity contribution is 5.79. The number of nitrogens with one attached hydrogen (secondary N) is 1.